The summed E-state index contributed by atoms with van der Waals surface area (Å²) < 4.78 is 13.6. The molecule has 158 valence electrons. The van der Waals surface area contributed by atoms with Crippen LogP contribution in [0.3, 0.4) is 0 Å². The third-order valence-corrected chi connectivity index (χ3v) is 6.44. The SMILES string of the molecule is C[C@H]1C(C(=S)NN2CCCCC2)=NN(c2ccc(Cl)cc2Cl)[C@@H]1c1ccc(F)cc1. The van der Waals surface area contributed by atoms with Crippen LogP contribution in [0.5, 0.6) is 0 Å². The average Bonchev–Trinajstić information content (AvgIpc) is 3.06. The van der Waals surface area contributed by atoms with Gasteiger partial charge < -0.3 is 5.43 Å². The van der Waals surface area contributed by atoms with E-state index in [1.165, 1.54) is 18.6 Å². The van der Waals surface area contributed by atoms with E-state index in [1.54, 1.807) is 24.3 Å². The standard InChI is InChI=1S/C22H23Cl2FN4S/c1-14-20(22(30)27-28-11-3-2-4-12-28)26-29(19-10-7-16(23)13-18(19)24)21(14)15-5-8-17(25)9-6-15/h5-10,13-14,21H,2-4,11-12H2,1H3,(H,27,30)/t14-,21-/m0/s1. The molecule has 1 saturated heterocycles. The molecule has 8 heteroatoms. The highest BCUT2D eigenvalue weighted by atomic mass is 35.5. The van der Waals surface area contributed by atoms with Gasteiger partial charge in [-0.15, -0.1) is 0 Å². The molecule has 2 aromatic carbocycles. The Morgan fingerprint density at radius 1 is 1.10 bits per heavy atom. The minimum atomic E-state index is -0.274. The maximum Gasteiger partial charge on any atom is 0.137 e. The Morgan fingerprint density at radius 2 is 1.80 bits per heavy atom. The van der Waals surface area contributed by atoms with Gasteiger partial charge in [0.1, 0.15) is 16.5 Å². The monoisotopic (exact) mass is 464 g/mol. The predicted octanol–water partition coefficient (Wildman–Crippen LogP) is 6.00. The number of nitrogens with zero attached hydrogens (tertiary/aromatic N) is 3. The van der Waals surface area contributed by atoms with Crippen molar-refractivity contribution in [2.24, 2.45) is 11.0 Å². The fourth-order valence-electron chi connectivity index (χ4n) is 4.05. The van der Waals surface area contributed by atoms with Gasteiger partial charge in [0.25, 0.3) is 0 Å². The number of halogens is 3. The van der Waals surface area contributed by atoms with E-state index in [-0.39, 0.29) is 17.8 Å². The number of benzene rings is 2. The molecule has 0 radical (unpaired) electrons. The van der Waals surface area contributed by atoms with Gasteiger partial charge in [0.15, 0.2) is 0 Å². The number of piperidine rings is 1. The summed E-state index contributed by atoms with van der Waals surface area (Å²) in [6.45, 7) is 4.02. The van der Waals surface area contributed by atoms with Crippen LogP contribution in [0.4, 0.5) is 10.1 Å². The Morgan fingerprint density at radius 3 is 2.47 bits per heavy atom. The molecular weight excluding hydrogens is 442 g/mol. The van der Waals surface area contributed by atoms with Gasteiger partial charge in [-0.3, -0.25) is 5.01 Å². The molecule has 2 atom stereocenters. The number of thiocarbonyl (C=S) groups is 1. The van der Waals surface area contributed by atoms with Gasteiger partial charge in [0.05, 0.1) is 16.8 Å². The normalized spacial score (nSPS) is 22.1. The van der Waals surface area contributed by atoms with Crippen LogP contribution in [-0.4, -0.2) is 28.8 Å². The molecule has 2 aromatic rings. The molecular formula is C22H23Cl2FN4S. The highest BCUT2D eigenvalue weighted by Crippen LogP contribution is 2.42. The van der Waals surface area contributed by atoms with Crippen molar-refractivity contribution in [1.29, 1.82) is 0 Å². The summed E-state index contributed by atoms with van der Waals surface area (Å²) in [4.78, 5) is 0.615. The first-order valence-corrected chi connectivity index (χ1v) is 11.2. The van der Waals surface area contributed by atoms with E-state index in [4.69, 9.17) is 40.5 Å². The van der Waals surface area contributed by atoms with Crippen LogP contribution >= 0.6 is 35.4 Å². The van der Waals surface area contributed by atoms with Crippen LogP contribution in [0, 0.1) is 11.7 Å². The summed E-state index contributed by atoms with van der Waals surface area (Å²) in [5.74, 6) is -0.295. The Bertz CT molecular complexity index is 960. The molecule has 0 aliphatic carbocycles. The van der Waals surface area contributed by atoms with Crippen LogP contribution < -0.4 is 10.4 Å². The van der Waals surface area contributed by atoms with Crippen molar-refractivity contribution in [1.82, 2.24) is 10.4 Å². The van der Waals surface area contributed by atoms with E-state index in [9.17, 15) is 4.39 Å². The molecule has 2 aliphatic rings. The predicted molar refractivity (Wildman–Crippen MR) is 126 cm³/mol. The molecule has 30 heavy (non-hydrogen) atoms. The zero-order valence-corrected chi connectivity index (χ0v) is 18.9. The van der Waals surface area contributed by atoms with Crippen molar-refractivity contribution in [3.8, 4) is 0 Å². The Balaban J connectivity index is 1.68. The number of anilines is 1. The summed E-state index contributed by atoms with van der Waals surface area (Å²) in [5, 5.41) is 9.96. The summed E-state index contributed by atoms with van der Waals surface area (Å²) in [6, 6.07) is 11.7. The molecule has 2 aliphatic heterocycles. The minimum Gasteiger partial charge on any atom is -0.308 e. The third-order valence-electron chi connectivity index (χ3n) is 5.60. The fraction of sp³-hybridized carbons (Fsp3) is 0.364. The molecule has 0 aromatic heterocycles. The first-order chi connectivity index (χ1) is 14.4. The quantitative estimate of drug-likeness (QED) is 0.561. The number of rotatable bonds is 4. The number of nitrogens with one attached hydrogen (secondary N) is 1. The van der Waals surface area contributed by atoms with Crippen molar-refractivity contribution < 1.29 is 4.39 Å². The lowest BCUT2D eigenvalue weighted by molar-refractivity contribution is 0.197. The van der Waals surface area contributed by atoms with E-state index in [0.717, 1.165) is 42.9 Å². The largest absolute Gasteiger partial charge is 0.308 e. The van der Waals surface area contributed by atoms with Gasteiger partial charge in [-0.2, -0.15) is 5.10 Å². The van der Waals surface area contributed by atoms with Crippen molar-refractivity contribution in [2.45, 2.75) is 32.2 Å². The molecule has 1 fully saturated rings. The molecule has 0 amide bonds. The van der Waals surface area contributed by atoms with Crippen molar-refractivity contribution in [3.05, 3.63) is 63.9 Å². The van der Waals surface area contributed by atoms with Crippen LogP contribution in [0.2, 0.25) is 10.0 Å². The van der Waals surface area contributed by atoms with E-state index in [0.29, 0.717) is 15.0 Å². The van der Waals surface area contributed by atoms with Gasteiger partial charge in [-0.05, 0) is 48.7 Å². The highest BCUT2D eigenvalue weighted by molar-refractivity contribution is 7.82. The molecule has 0 unspecified atom stereocenters. The highest BCUT2D eigenvalue weighted by Gasteiger charge is 2.39. The first-order valence-electron chi connectivity index (χ1n) is 10.1. The second-order valence-corrected chi connectivity index (χ2v) is 8.95. The van der Waals surface area contributed by atoms with Crippen molar-refractivity contribution in [3.63, 3.8) is 0 Å². The summed E-state index contributed by atoms with van der Waals surface area (Å²) in [6.07, 6.45) is 3.56. The van der Waals surface area contributed by atoms with Crippen LogP contribution in [-0.2, 0) is 0 Å². The zero-order valence-electron chi connectivity index (χ0n) is 16.6. The molecule has 1 N–H and O–H groups in total. The molecule has 2 heterocycles. The van der Waals surface area contributed by atoms with E-state index in [1.807, 2.05) is 11.1 Å². The lowest BCUT2D eigenvalue weighted by atomic mass is 9.91. The number of hydrazine groups is 1. The molecule has 0 saturated carbocycles. The second-order valence-electron chi connectivity index (χ2n) is 7.70. The van der Waals surface area contributed by atoms with Gasteiger partial charge in [-0.25, -0.2) is 9.40 Å². The molecule has 4 rings (SSSR count). The van der Waals surface area contributed by atoms with E-state index >= 15 is 0 Å². The van der Waals surface area contributed by atoms with Crippen LogP contribution in [0.15, 0.2) is 47.6 Å². The summed E-state index contributed by atoms with van der Waals surface area (Å²) in [7, 11) is 0. The van der Waals surface area contributed by atoms with E-state index < -0.39 is 0 Å². The Hall–Kier alpha value is -1.73. The fourth-order valence-corrected chi connectivity index (χ4v) is 4.90. The molecule has 4 nitrogen and oxygen atoms in total. The Kier molecular flexibility index (Phi) is 6.58. The molecule has 0 bridgehead atoms. The van der Waals surface area contributed by atoms with Crippen molar-refractivity contribution >= 4 is 51.8 Å². The van der Waals surface area contributed by atoms with Crippen molar-refractivity contribution in [2.75, 3.05) is 18.1 Å². The van der Waals surface area contributed by atoms with Gasteiger partial charge in [-0.1, -0.05) is 60.9 Å². The molecule has 0 spiro atoms. The number of hydrazone groups is 1. The number of hydrogen-bond acceptors (Lipinski definition) is 4. The van der Waals surface area contributed by atoms with Crippen LogP contribution in [0.1, 0.15) is 37.8 Å². The van der Waals surface area contributed by atoms with Gasteiger partial charge >= 0.3 is 0 Å². The van der Waals surface area contributed by atoms with Gasteiger partial charge in [0.2, 0.25) is 0 Å². The lowest BCUT2D eigenvalue weighted by Crippen LogP contribution is -2.47. The second kappa shape index (κ2) is 9.18. The smallest absolute Gasteiger partial charge is 0.137 e. The van der Waals surface area contributed by atoms with Crippen LogP contribution in [0.25, 0.3) is 0 Å². The Labute approximate surface area is 191 Å². The van der Waals surface area contributed by atoms with E-state index in [2.05, 4.69) is 17.4 Å². The summed E-state index contributed by atoms with van der Waals surface area (Å²) >= 11 is 18.3. The first kappa shape index (κ1) is 21.5. The third kappa shape index (κ3) is 4.47. The summed E-state index contributed by atoms with van der Waals surface area (Å²) in [5.41, 5.74) is 5.82. The number of hydrogen-bond donors (Lipinski definition) is 1. The topological polar surface area (TPSA) is 30.9 Å². The zero-order chi connectivity index (χ0) is 21.3. The maximum absolute atomic E-state index is 13.6. The average molecular weight is 465 g/mol. The minimum absolute atomic E-state index is 0.0213. The lowest BCUT2D eigenvalue weighted by Gasteiger charge is -2.29. The maximum atomic E-state index is 13.6. The van der Waals surface area contributed by atoms with Gasteiger partial charge in [0, 0.05) is 24.0 Å².